The van der Waals surface area contributed by atoms with Crippen LogP contribution in [-0.2, 0) is 4.74 Å². The zero-order valence-electron chi connectivity index (χ0n) is 18.6. The number of nitro groups is 1. The van der Waals surface area contributed by atoms with Crippen LogP contribution >= 0.6 is 0 Å². The van der Waals surface area contributed by atoms with Crippen molar-refractivity contribution in [2.75, 3.05) is 31.1 Å². The van der Waals surface area contributed by atoms with Crippen LogP contribution in [0.1, 0.15) is 26.3 Å². The number of nitro benzene ring substituents is 1. The third kappa shape index (κ3) is 4.55. The van der Waals surface area contributed by atoms with Gasteiger partial charge in [0.1, 0.15) is 17.2 Å². The van der Waals surface area contributed by atoms with E-state index in [9.17, 15) is 20.2 Å². The maximum Gasteiger partial charge on any atom is 0.410 e. The highest BCUT2D eigenvalue weighted by Crippen LogP contribution is 2.26. The Balaban J connectivity index is 1.54. The fourth-order valence-electron chi connectivity index (χ4n) is 3.66. The molecule has 3 heterocycles. The Hall–Kier alpha value is -4.20. The van der Waals surface area contributed by atoms with Gasteiger partial charge in [-0.25, -0.2) is 4.79 Å². The van der Waals surface area contributed by atoms with Crippen molar-refractivity contribution in [3.63, 3.8) is 0 Å². The van der Waals surface area contributed by atoms with E-state index in [1.807, 2.05) is 25.7 Å². The fourth-order valence-corrected chi connectivity index (χ4v) is 3.66. The molecule has 1 aliphatic heterocycles. The molecule has 170 valence electrons. The molecule has 1 aromatic carbocycles. The standard InChI is InChI=1S/C22H23N7O4/c1-22(2,3)33-21(30)27-10-8-26(9-11-27)19-13-16(14-23)20(25-24-19)28-7-6-15-12-17(29(31)32)4-5-18(15)28/h4-7,12-13H,8-11H2,1-3H3. The maximum atomic E-state index is 12.3. The summed E-state index contributed by atoms with van der Waals surface area (Å²) in [5.41, 5.74) is 0.452. The first-order valence-corrected chi connectivity index (χ1v) is 10.4. The van der Waals surface area contributed by atoms with Gasteiger partial charge in [-0.05, 0) is 32.9 Å². The molecule has 1 aliphatic rings. The van der Waals surface area contributed by atoms with Crippen molar-refractivity contribution < 1.29 is 14.5 Å². The number of benzene rings is 1. The summed E-state index contributed by atoms with van der Waals surface area (Å²) in [6, 6.07) is 10.1. The van der Waals surface area contributed by atoms with E-state index in [4.69, 9.17) is 4.74 Å². The molecule has 2 aromatic heterocycles. The third-order valence-corrected chi connectivity index (χ3v) is 5.25. The zero-order valence-corrected chi connectivity index (χ0v) is 18.6. The van der Waals surface area contributed by atoms with E-state index in [-0.39, 0.29) is 11.8 Å². The molecule has 11 heteroatoms. The minimum atomic E-state index is -0.551. The number of non-ortho nitro benzene ring substituents is 1. The molecule has 0 spiro atoms. The van der Waals surface area contributed by atoms with Gasteiger partial charge in [0.05, 0.1) is 10.4 Å². The quantitative estimate of drug-likeness (QED) is 0.440. The lowest BCUT2D eigenvalue weighted by Gasteiger charge is -2.36. The van der Waals surface area contributed by atoms with Gasteiger partial charge in [0.15, 0.2) is 11.6 Å². The highest BCUT2D eigenvalue weighted by atomic mass is 16.6. The molecule has 3 aromatic rings. The SMILES string of the molecule is CC(C)(C)OC(=O)N1CCN(c2cc(C#N)c(-n3ccc4cc([N+](=O)[O-])ccc43)nn2)CC1. The predicted octanol–water partition coefficient (Wildman–Crippen LogP) is 3.26. The van der Waals surface area contributed by atoms with Gasteiger partial charge in [0.25, 0.3) is 5.69 Å². The number of fused-ring (bicyclic) bond motifs is 1. The van der Waals surface area contributed by atoms with Crippen molar-refractivity contribution in [1.29, 1.82) is 5.26 Å². The lowest BCUT2D eigenvalue weighted by molar-refractivity contribution is -0.384. The van der Waals surface area contributed by atoms with Gasteiger partial charge < -0.3 is 14.5 Å². The lowest BCUT2D eigenvalue weighted by atomic mass is 10.2. The van der Waals surface area contributed by atoms with Crippen LogP contribution in [0.15, 0.2) is 36.5 Å². The number of carbonyl (C=O) groups excluding carboxylic acids is 1. The Labute approximate surface area is 189 Å². The largest absolute Gasteiger partial charge is 0.444 e. The molecule has 33 heavy (non-hydrogen) atoms. The van der Waals surface area contributed by atoms with Crippen LogP contribution in [0.3, 0.4) is 0 Å². The smallest absolute Gasteiger partial charge is 0.410 e. The van der Waals surface area contributed by atoms with E-state index < -0.39 is 10.5 Å². The van der Waals surface area contributed by atoms with Crippen LogP contribution < -0.4 is 4.90 Å². The second kappa shape index (κ2) is 8.38. The first-order valence-electron chi connectivity index (χ1n) is 10.4. The fraction of sp³-hybridized carbons (Fsp3) is 0.364. The van der Waals surface area contributed by atoms with E-state index in [0.717, 1.165) is 0 Å². The second-order valence-electron chi connectivity index (χ2n) is 8.69. The van der Waals surface area contributed by atoms with Crippen molar-refractivity contribution >= 4 is 28.5 Å². The van der Waals surface area contributed by atoms with Gasteiger partial charge in [-0.1, -0.05) is 0 Å². The summed E-state index contributed by atoms with van der Waals surface area (Å²) in [7, 11) is 0. The third-order valence-electron chi connectivity index (χ3n) is 5.25. The Bertz CT molecular complexity index is 1260. The number of anilines is 1. The molecular weight excluding hydrogens is 426 g/mol. The number of carbonyl (C=O) groups is 1. The lowest BCUT2D eigenvalue weighted by Crippen LogP contribution is -2.50. The molecule has 0 saturated carbocycles. The monoisotopic (exact) mass is 449 g/mol. The molecule has 0 radical (unpaired) electrons. The van der Waals surface area contributed by atoms with Gasteiger partial charge in [0, 0.05) is 56.0 Å². The number of hydrogen-bond acceptors (Lipinski definition) is 8. The zero-order chi connectivity index (χ0) is 23.8. The summed E-state index contributed by atoms with van der Waals surface area (Å²) in [6.45, 7) is 7.51. The van der Waals surface area contributed by atoms with Crippen LogP contribution in [0.2, 0.25) is 0 Å². The average Bonchev–Trinajstić information content (AvgIpc) is 3.20. The summed E-state index contributed by atoms with van der Waals surface area (Å²) in [6.07, 6.45) is 1.36. The minimum Gasteiger partial charge on any atom is -0.444 e. The number of hydrogen-bond donors (Lipinski definition) is 0. The van der Waals surface area contributed by atoms with Crippen molar-refractivity contribution in [3.05, 3.63) is 52.2 Å². The highest BCUT2D eigenvalue weighted by Gasteiger charge is 2.27. The summed E-state index contributed by atoms with van der Waals surface area (Å²) >= 11 is 0. The Morgan fingerprint density at radius 1 is 1.15 bits per heavy atom. The second-order valence-corrected chi connectivity index (χ2v) is 8.69. The molecule has 4 rings (SSSR count). The molecule has 0 N–H and O–H groups in total. The highest BCUT2D eigenvalue weighted by molar-refractivity contribution is 5.84. The van der Waals surface area contributed by atoms with Gasteiger partial charge in [0.2, 0.25) is 0 Å². The van der Waals surface area contributed by atoms with E-state index in [1.165, 1.54) is 12.1 Å². The van der Waals surface area contributed by atoms with Crippen LogP contribution in [-0.4, -0.2) is 62.5 Å². The van der Waals surface area contributed by atoms with E-state index >= 15 is 0 Å². The Morgan fingerprint density at radius 3 is 2.52 bits per heavy atom. The molecular formula is C22H23N7O4. The topological polar surface area (TPSA) is 130 Å². The molecule has 1 saturated heterocycles. The first kappa shape index (κ1) is 22.0. The first-order chi connectivity index (χ1) is 15.7. The van der Waals surface area contributed by atoms with E-state index in [2.05, 4.69) is 16.3 Å². The number of amides is 1. The Morgan fingerprint density at radius 2 is 1.88 bits per heavy atom. The number of rotatable bonds is 3. The number of ether oxygens (including phenoxy) is 1. The van der Waals surface area contributed by atoms with Crippen molar-refractivity contribution in [3.8, 4) is 11.9 Å². The van der Waals surface area contributed by atoms with Crippen LogP contribution in [0.25, 0.3) is 16.7 Å². The van der Waals surface area contributed by atoms with E-state index in [0.29, 0.717) is 54.3 Å². The number of nitriles is 1. The van der Waals surface area contributed by atoms with Gasteiger partial charge in [-0.2, -0.15) is 5.26 Å². The van der Waals surface area contributed by atoms with Crippen molar-refractivity contribution in [1.82, 2.24) is 19.7 Å². The average molecular weight is 449 g/mol. The number of nitrogens with zero attached hydrogens (tertiary/aromatic N) is 7. The predicted molar refractivity (Wildman–Crippen MR) is 120 cm³/mol. The van der Waals surface area contributed by atoms with Crippen molar-refractivity contribution in [2.24, 2.45) is 0 Å². The van der Waals surface area contributed by atoms with Crippen LogP contribution in [0.5, 0.6) is 0 Å². The molecule has 0 aliphatic carbocycles. The summed E-state index contributed by atoms with van der Waals surface area (Å²) in [5, 5.41) is 30.0. The number of piperazine rings is 1. The molecule has 1 amide bonds. The van der Waals surface area contributed by atoms with Crippen LogP contribution in [0, 0.1) is 21.4 Å². The van der Waals surface area contributed by atoms with E-state index in [1.54, 1.807) is 33.9 Å². The molecule has 0 atom stereocenters. The van der Waals surface area contributed by atoms with Gasteiger partial charge in [-0.3, -0.25) is 14.7 Å². The van der Waals surface area contributed by atoms with Gasteiger partial charge >= 0.3 is 6.09 Å². The summed E-state index contributed by atoms with van der Waals surface area (Å²) in [5.74, 6) is 0.892. The molecule has 0 bridgehead atoms. The molecule has 11 nitrogen and oxygen atoms in total. The number of aromatic nitrogens is 3. The minimum absolute atomic E-state index is 0.00675. The molecule has 0 unspecified atom stereocenters. The van der Waals surface area contributed by atoms with Gasteiger partial charge in [-0.15, -0.1) is 10.2 Å². The Kier molecular flexibility index (Phi) is 5.59. The normalized spacial score (nSPS) is 14.2. The van der Waals surface area contributed by atoms with Crippen molar-refractivity contribution in [2.45, 2.75) is 26.4 Å². The summed E-state index contributed by atoms with van der Waals surface area (Å²) in [4.78, 5) is 26.5. The maximum absolute atomic E-state index is 12.3. The summed E-state index contributed by atoms with van der Waals surface area (Å²) < 4.78 is 7.11. The van der Waals surface area contributed by atoms with Crippen LogP contribution in [0.4, 0.5) is 16.3 Å². The molecule has 1 fully saturated rings.